The zero-order valence-electron chi connectivity index (χ0n) is 48.3. The van der Waals surface area contributed by atoms with Crippen molar-refractivity contribution in [3.8, 4) is 28.2 Å². The number of phosphoric acid groups is 3. The Labute approximate surface area is 497 Å². The molecular formula is C55H84BN4O20P3S. The molecule has 2 aliphatic rings. The number of anilines is 1. The fourth-order valence-electron chi connectivity index (χ4n) is 8.86. The second-order valence-electron chi connectivity index (χ2n) is 20.0. The number of carboxylic acid groups (broad SMARTS) is 1. The standard InChI is InChI=1S/C55H84BN4O20P3S/c1-3-4-5-6-7-8-9-10-11-12-13-14-15-18-28-74-81(67,68)76-32-30-73-31-33-77-83(71,72)79-40-41(39-78-82(69,70)75-29-27-60(52(64)37-56)38-51(63)57-2)19-16-17-26-58-55(84)59-42-20-23-45(48(34-42)54(65)66)53-46-24-21-43(61)35-49(46)80-50-36-44(62)22-25-47(50)53/h20-25,34-36,41,61H,3-19,26-33,37-40,56H2,1-2H3,(H,57,63)(H,65,66)(H,67,68)(H,69,70)(H,71,72)(H2,58,59,84). The predicted octanol–water partition coefficient (Wildman–Crippen LogP) is 9.57. The minimum Gasteiger partial charge on any atom is -0.508 e. The van der Waals surface area contributed by atoms with Gasteiger partial charge in [0.25, 0.3) is 0 Å². The molecule has 1 aliphatic heterocycles. The number of phenolic OH excluding ortho intramolecular Hbond substituents is 1. The third kappa shape index (κ3) is 27.8. The largest absolute Gasteiger partial charge is 0.508 e. The van der Waals surface area contributed by atoms with Gasteiger partial charge in [-0.2, -0.15) is 0 Å². The molecule has 4 rings (SSSR count). The van der Waals surface area contributed by atoms with Crippen molar-refractivity contribution < 1.29 is 89.3 Å². The number of thiocarbonyl (C=S) groups is 1. The van der Waals surface area contributed by atoms with Crippen LogP contribution in [-0.4, -0.2) is 140 Å². The van der Waals surface area contributed by atoms with Gasteiger partial charge in [-0.25, -0.2) is 18.5 Å². The molecule has 4 atom stereocenters. The summed E-state index contributed by atoms with van der Waals surface area (Å²) in [5.41, 5.74) is 1.41. The molecule has 0 fully saturated rings. The number of benzene rings is 3. The van der Waals surface area contributed by atoms with Crippen LogP contribution in [0.5, 0.6) is 5.75 Å². The number of fused-ring (bicyclic) bond motifs is 2. The fraction of sp³-hybridized carbons (Fsp3) is 0.582. The number of phosphoric ester groups is 3. The number of nitrogens with one attached hydrogen (secondary N) is 3. The first-order valence-corrected chi connectivity index (χ1v) is 33.6. The first kappa shape index (κ1) is 71.9. The number of phenols is 1. The van der Waals surface area contributed by atoms with Crippen molar-refractivity contribution in [2.75, 3.05) is 84.9 Å². The molecule has 0 saturated heterocycles. The number of carbonyl (C=O) groups is 3. The van der Waals surface area contributed by atoms with Crippen LogP contribution in [0.3, 0.4) is 0 Å². The van der Waals surface area contributed by atoms with Crippen LogP contribution in [-0.2, 0) is 55.2 Å². The van der Waals surface area contributed by atoms with E-state index >= 15 is 0 Å². The molecule has 0 saturated carbocycles. The molecule has 0 spiro atoms. The highest BCUT2D eigenvalue weighted by molar-refractivity contribution is 7.80. The van der Waals surface area contributed by atoms with Crippen molar-refractivity contribution in [2.45, 2.75) is 122 Å². The van der Waals surface area contributed by atoms with Crippen LogP contribution in [0.25, 0.3) is 33.4 Å². The second-order valence-corrected chi connectivity index (χ2v) is 24.8. The smallest absolute Gasteiger partial charge is 0.472 e. The van der Waals surface area contributed by atoms with Crippen molar-refractivity contribution in [2.24, 2.45) is 5.92 Å². The van der Waals surface area contributed by atoms with Crippen LogP contribution in [0.1, 0.15) is 126 Å². The van der Waals surface area contributed by atoms with E-state index in [1.807, 2.05) is 0 Å². The summed E-state index contributed by atoms with van der Waals surface area (Å²) < 4.78 is 80.1. The highest BCUT2D eigenvalue weighted by Crippen LogP contribution is 2.47. The third-order valence-electron chi connectivity index (χ3n) is 13.3. The second kappa shape index (κ2) is 38.5. The van der Waals surface area contributed by atoms with Gasteiger partial charge < -0.3 is 54.9 Å². The van der Waals surface area contributed by atoms with Crippen molar-refractivity contribution in [3.05, 3.63) is 70.4 Å². The molecule has 84 heavy (non-hydrogen) atoms. The van der Waals surface area contributed by atoms with E-state index < -0.39 is 73.6 Å². The summed E-state index contributed by atoms with van der Waals surface area (Å²) in [5, 5.41) is 29.6. The number of hydrogen-bond acceptors (Lipinski definition) is 17. The van der Waals surface area contributed by atoms with Gasteiger partial charge >= 0.3 is 29.4 Å². The monoisotopic (exact) mass is 1260 g/mol. The number of nitrogens with zero attached hydrogens (tertiary/aromatic N) is 1. The molecule has 29 heteroatoms. The molecule has 8 N–H and O–H groups in total. The predicted molar refractivity (Wildman–Crippen MR) is 325 cm³/mol. The average molecular weight is 1260 g/mol. The zero-order chi connectivity index (χ0) is 61.4. The van der Waals surface area contributed by atoms with Crippen molar-refractivity contribution in [1.82, 2.24) is 15.5 Å². The van der Waals surface area contributed by atoms with E-state index in [2.05, 4.69) is 22.9 Å². The lowest BCUT2D eigenvalue weighted by Gasteiger charge is -2.23. The van der Waals surface area contributed by atoms with Gasteiger partial charge in [-0.15, -0.1) is 0 Å². The number of carboxylic acids is 1. The van der Waals surface area contributed by atoms with Crippen LogP contribution in [0.15, 0.2) is 63.8 Å². The lowest BCUT2D eigenvalue weighted by molar-refractivity contribution is -0.134. The number of aromatic hydroxyl groups is 1. The quantitative estimate of drug-likeness (QED) is 0.00671. The van der Waals surface area contributed by atoms with E-state index in [1.165, 1.54) is 102 Å². The molecule has 2 aromatic rings. The minimum absolute atomic E-state index is 0.0692. The lowest BCUT2D eigenvalue weighted by Crippen LogP contribution is -2.41. The first-order valence-electron chi connectivity index (χ1n) is 28.7. The lowest BCUT2D eigenvalue weighted by atomic mass is 9.90. The van der Waals surface area contributed by atoms with Crippen LogP contribution < -0.4 is 21.4 Å². The molecule has 0 aromatic heterocycles. The Morgan fingerprint density at radius 2 is 1.26 bits per heavy atom. The van der Waals surface area contributed by atoms with Gasteiger partial charge in [-0.05, 0) is 79.8 Å². The summed E-state index contributed by atoms with van der Waals surface area (Å²) in [5.74, 6) is -2.78. The molecule has 2 amide bonds. The number of aromatic carboxylic acids is 1. The fourth-order valence-corrected chi connectivity index (χ4v) is 11.4. The third-order valence-corrected chi connectivity index (χ3v) is 16.6. The number of unbranched alkanes of at least 4 members (excludes halogenated alkanes) is 14. The van der Waals surface area contributed by atoms with Gasteiger partial charge in [-0.1, -0.05) is 103 Å². The van der Waals surface area contributed by atoms with E-state index in [0.29, 0.717) is 47.0 Å². The maximum atomic E-state index is 13.0. The molecule has 468 valence electrons. The number of likely N-dealkylation sites (N-methyl/N-ethyl adjacent to an activating group) is 1. The number of ether oxygens (including phenoxy) is 1. The summed E-state index contributed by atoms with van der Waals surface area (Å²) in [7, 11) is -10.8. The van der Waals surface area contributed by atoms with Gasteiger partial charge in [-0.3, -0.25) is 41.5 Å². The van der Waals surface area contributed by atoms with Gasteiger partial charge in [0.1, 0.15) is 24.9 Å². The van der Waals surface area contributed by atoms with Crippen molar-refractivity contribution in [1.29, 1.82) is 0 Å². The summed E-state index contributed by atoms with van der Waals surface area (Å²) in [6.07, 6.45) is 17.6. The van der Waals surface area contributed by atoms with Gasteiger partial charge in [0.15, 0.2) is 10.5 Å². The number of amides is 2. The Kier molecular flexibility index (Phi) is 33.0. The number of hydrogen-bond donors (Lipinski definition) is 8. The summed E-state index contributed by atoms with van der Waals surface area (Å²) in [6, 6.07) is 13.2. The molecule has 1 heterocycles. The van der Waals surface area contributed by atoms with Crippen molar-refractivity contribution in [3.63, 3.8) is 0 Å². The molecule has 24 nitrogen and oxygen atoms in total. The maximum Gasteiger partial charge on any atom is 0.472 e. The van der Waals surface area contributed by atoms with E-state index in [0.717, 1.165) is 24.2 Å². The Hall–Kier alpha value is -4.62. The molecule has 4 unspecified atom stereocenters. The summed E-state index contributed by atoms with van der Waals surface area (Å²) >= 11 is 5.51. The van der Waals surface area contributed by atoms with Gasteiger partial charge in [0.05, 0.1) is 65.0 Å². The van der Waals surface area contributed by atoms with Gasteiger partial charge in [0.2, 0.25) is 11.8 Å². The molecule has 2 aromatic carbocycles. The SMILES string of the molecule is BCC(=O)N(CCOP(=O)(O)OCC(CCCCNC(=S)Nc1ccc(-c2c3ccc(=O)cc-3oc3cc(O)ccc23)c(C(=O)O)c1)COP(=O)(O)OCCOCCOP(=O)(O)OCCCCCCCCCCCCCCCC)CC(=O)NC. The Bertz CT molecular complexity index is 2870. The molecule has 0 radical (unpaired) electrons. The van der Waals surface area contributed by atoms with Gasteiger partial charge in [0, 0.05) is 60.4 Å². The Balaban J connectivity index is 1.23. The summed E-state index contributed by atoms with van der Waals surface area (Å²) in [4.78, 5) is 81.5. The zero-order valence-corrected chi connectivity index (χ0v) is 51.8. The topological polar surface area (TPSA) is 338 Å². The molecule has 1 aliphatic carbocycles. The van der Waals surface area contributed by atoms with E-state index in [9.17, 15) is 57.8 Å². The van der Waals surface area contributed by atoms with Crippen LogP contribution >= 0.6 is 35.7 Å². The molecular weight excluding hydrogens is 1170 g/mol. The summed E-state index contributed by atoms with van der Waals surface area (Å²) in [6.45, 7) is -0.469. The van der Waals surface area contributed by atoms with E-state index in [4.69, 9.17) is 48.5 Å². The minimum atomic E-state index is -4.78. The molecule has 0 bridgehead atoms. The van der Waals surface area contributed by atoms with Crippen LogP contribution in [0.2, 0.25) is 6.32 Å². The number of carbonyl (C=O) groups excluding carboxylic acids is 2. The van der Waals surface area contributed by atoms with Crippen molar-refractivity contribution >= 4 is 83.1 Å². The Morgan fingerprint density at radius 1 is 0.690 bits per heavy atom. The number of rotatable bonds is 45. The van der Waals surface area contributed by atoms with E-state index in [-0.39, 0.29) is 92.0 Å². The van der Waals surface area contributed by atoms with Crippen LogP contribution in [0, 0.1) is 5.92 Å². The average Bonchev–Trinajstić information content (AvgIpc) is 1.53. The van der Waals surface area contributed by atoms with Crippen LogP contribution in [0.4, 0.5) is 5.69 Å². The van der Waals surface area contributed by atoms with E-state index in [1.54, 1.807) is 32.1 Å². The highest BCUT2D eigenvalue weighted by Gasteiger charge is 2.29. The highest BCUT2D eigenvalue weighted by atomic mass is 32.1. The Morgan fingerprint density at radius 3 is 1.86 bits per heavy atom. The maximum absolute atomic E-state index is 13.0. The normalized spacial score (nSPS) is 14.1. The first-order chi connectivity index (χ1) is 40.2.